The van der Waals surface area contributed by atoms with Crippen molar-refractivity contribution >= 4 is 12.6 Å². The molecule has 0 atom stereocenters. The second-order valence-corrected chi connectivity index (χ2v) is 4.44. The Labute approximate surface area is 85.4 Å². The van der Waals surface area contributed by atoms with Gasteiger partial charge in [-0.25, -0.2) is 0 Å². The summed E-state index contributed by atoms with van der Waals surface area (Å²) in [7, 11) is 0. The maximum Gasteiger partial charge on any atom is 0.160 e. The first kappa shape index (κ1) is 9.81. The van der Waals surface area contributed by atoms with Crippen LogP contribution in [-0.4, -0.2) is 25.3 Å². The summed E-state index contributed by atoms with van der Waals surface area (Å²) in [5.41, 5.74) is 0. The second-order valence-electron chi connectivity index (χ2n) is 4.07. The maximum absolute atomic E-state index is 5.52. The lowest BCUT2D eigenvalue weighted by Crippen LogP contribution is -2.26. The first-order valence-corrected chi connectivity index (χ1v) is 5.87. The Bertz CT molecular complexity index is 149. The van der Waals surface area contributed by atoms with Gasteiger partial charge in [0.05, 0.1) is 13.2 Å². The lowest BCUT2D eigenvalue weighted by atomic mass is 9.82. The fraction of sp³-hybridized carbons (Fsp3) is 1.00. The molecule has 0 bridgehead atoms. The quantitative estimate of drug-likeness (QED) is 0.691. The maximum atomic E-state index is 5.52. The van der Waals surface area contributed by atoms with Crippen LogP contribution in [0.5, 0.6) is 0 Å². The van der Waals surface area contributed by atoms with E-state index in [0.717, 1.165) is 24.9 Å². The first-order chi connectivity index (χ1) is 6.40. The van der Waals surface area contributed by atoms with E-state index >= 15 is 0 Å². The van der Waals surface area contributed by atoms with Gasteiger partial charge in [-0.3, -0.25) is 0 Å². The molecule has 0 N–H and O–H groups in total. The van der Waals surface area contributed by atoms with Crippen molar-refractivity contribution in [3.05, 3.63) is 0 Å². The Kier molecular flexibility index (Phi) is 3.52. The minimum Gasteiger partial charge on any atom is -0.350 e. The molecule has 1 aliphatic heterocycles. The predicted molar refractivity (Wildman–Crippen MR) is 55.0 cm³/mol. The van der Waals surface area contributed by atoms with E-state index in [2.05, 4.69) is 12.6 Å². The van der Waals surface area contributed by atoms with Crippen molar-refractivity contribution in [2.24, 2.45) is 11.8 Å². The molecule has 2 nitrogen and oxygen atoms in total. The third-order valence-electron chi connectivity index (χ3n) is 3.18. The normalized spacial score (nSPS) is 36.7. The van der Waals surface area contributed by atoms with E-state index in [1.165, 1.54) is 25.7 Å². The van der Waals surface area contributed by atoms with Crippen molar-refractivity contribution in [2.45, 2.75) is 32.0 Å². The molecule has 2 fully saturated rings. The van der Waals surface area contributed by atoms with Gasteiger partial charge in [0.25, 0.3) is 0 Å². The Morgan fingerprint density at radius 3 is 2.15 bits per heavy atom. The van der Waals surface area contributed by atoms with Crippen LogP contribution in [0.25, 0.3) is 0 Å². The fourth-order valence-electron chi connectivity index (χ4n) is 2.29. The third-order valence-corrected chi connectivity index (χ3v) is 3.70. The Hall–Kier alpha value is 0.270. The van der Waals surface area contributed by atoms with Gasteiger partial charge in [0.1, 0.15) is 0 Å². The van der Waals surface area contributed by atoms with Crippen molar-refractivity contribution in [2.75, 3.05) is 19.0 Å². The second kappa shape index (κ2) is 4.67. The van der Waals surface area contributed by atoms with Gasteiger partial charge in [-0.2, -0.15) is 12.6 Å². The van der Waals surface area contributed by atoms with Crippen LogP contribution < -0.4 is 0 Å². The van der Waals surface area contributed by atoms with Crippen LogP contribution in [-0.2, 0) is 9.47 Å². The van der Waals surface area contributed by atoms with Crippen LogP contribution in [0.15, 0.2) is 0 Å². The van der Waals surface area contributed by atoms with Gasteiger partial charge < -0.3 is 9.47 Å². The molecular formula is C10H18O2S. The van der Waals surface area contributed by atoms with Crippen LogP contribution >= 0.6 is 12.6 Å². The Morgan fingerprint density at radius 1 is 1.00 bits per heavy atom. The van der Waals surface area contributed by atoms with Crippen LogP contribution in [0, 0.1) is 11.8 Å². The van der Waals surface area contributed by atoms with Gasteiger partial charge in [-0.15, -0.1) is 0 Å². The van der Waals surface area contributed by atoms with Crippen LogP contribution in [0.2, 0.25) is 0 Å². The average molecular weight is 202 g/mol. The summed E-state index contributed by atoms with van der Waals surface area (Å²) >= 11 is 4.34. The highest BCUT2D eigenvalue weighted by molar-refractivity contribution is 7.80. The fourth-order valence-corrected chi connectivity index (χ4v) is 2.66. The van der Waals surface area contributed by atoms with E-state index in [1.807, 2.05) is 0 Å². The Balaban J connectivity index is 1.77. The molecule has 0 radical (unpaired) electrons. The smallest absolute Gasteiger partial charge is 0.160 e. The molecule has 76 valence electrons. The zero-order valence-electron chi connectivity index (χ0n) is 7.95. The van der Waals surface area contributed by atoms with Crippen LogP contribution in [0.4, 0.5) is 0 Å². The summed E-state index contributed by atoms with van der Waals surface area (Å²) in [6.45, 7) is 1.58. The number of thiol groups is 1. The Morgan fingerprint density at radius 2 is 1.62 bits per heavy atom. The largest absolute Gasteiger partial charge is 0.350 e. The molecule has 1 saturated heterocycles. The lowest BCUT2D eigenvalue weighted by Gasteiger charge is -2.30. The van der Waals surface area contributed by atoms with Gasteiger partial charge in [-0.1, -0.05) is 0 Å². The molecule has 0 amide bonds. The van der Waals surface area contributed by atoms with Gasteiger partial charge in [0.15, 0.2) is 6.29 Å². The highest BCUT2D eigenvalue weighted by Gasteiger charge is 2.30. The zero-order valence-corrected chi connectivity index (χ0v) is 8.84. The van der Waals surface area contributed by atoms with E-state index in [4.69, 9.17) is 9.47 Å². The van der Waals surface area contributed by atoms with Crippen molar-refractivity contribution in [3.8, 4) is 0 Å². The molecule has 2 aliphatic rings. The van der Waals surface area contributed by atoms with Crippen molar-refractivity contribution < 1.29 is 9.47 Å². The predicted octanol–water partition coefficient (Wildman–Crippen LogP) is 2.10. The van der Waals surface area contributed by atoms with Gasteiger partial charge in [0.2, 0.25) is 0 Å². The van der Waals surface area contributed by atoms with Gasteiger partial charge >= 0.3 is 0 Å². The summed E-state index contributed by atoms with van der Waals surface area (Å²) in [5, 5.41) is 0. The molecule has 0 aromatic heterocycles. The minimum atomic E-state index is 0.112. The molecule has 3 heteroatoms. The van der Waals surface area contributed by atoms with Gasteiger partial charge in [-0.05, 0) is 37.4 Å². The topological polar surface area (TPSA) is 18.5 Å². The summed E-state index contributed by atoms with van der Waals surface area (Å²) in [5.74, 6) is 2.53. The van der Waals surface area contributed by atoms with Crippen molar-refractivity contribution in [1.29, 1.82) is 0 Å². The molecule has 1 aliphatic carbocycles. The van der Waals surface area contributed by atoms with Crippen LogP contribution in [0.1, 0.15) is 25.7 Å². The standard InChI is InChI=1S/C10H18O2S/c13-7-8-1-3-9(4-2-8)10-11-5-6-12-10/h8-10,13H,1-7H2. The molecule has 13 heavy (non-hydrogen) atoms. The molecule has 1 heterocycles. The number of ether oxygens (including phenoxy) is 2. The lowest BCUT2D eigenvalue weighted by molar-refractivity contribution is -0.0944. The van der Waals surface area contributed by atoms with E-state index < -0.39 is 0 Å². The van der Waals surface area contributed by atoms with Gasteiger partial charge in [0, 0.05) is 5.92 Å². The first-order valence-electron chi connectivity index (χ1n) is 5.24. The van der Waals surface area contributed by atoms with E-state index in [9.17, 15) is 0 Å². The molecule has 0 unspecified atom stereocenters. The number of rotatable bonds is 2. The summed E-state index contributed by atoms with van der Waals surface area (Å²) in [6.07, 6.45) is 5.24. The highest BCUT2D eigenvalue weighted by atomic mass is 32.1. The third kappa shape index (κ3) is 2.39. The highest BCUT2D eigenvalue weighted by Crippen LogP contribution is 2.33. The number of hydrogen-bond donors (Lipinski definition) is 1. The SMILES string of the molecule is SCC1CCC(C2OCCO2)CC1. The summed E-state index contributed by atoms with van der Waals surface area (Å²) < 4.78 is 11.0. The van der Waals surface area contributed by atoms with E-state index in [-0.39, 0.29) is 6.29 Å². The average Bonchev–Trinajstić information content (AvgIpc) is 2.71. The molecule has 2 rings (SSSR count). The summed E-state index contributed by atoms with van der Waals surface area (Å²) in [6, 6.07) is 0. The monoisotopic (exact) mass is 202 g/mol. The van der Waals surface area contributed by atoms with E-state index in [1.54, 1.807) is 0 Å². The van der Waals surface area contributed by atoms with Crippen molar-refractivity contribution in [1.82, 2.24) is 0 Å². The molecule has 1 saturated carbocycles. The minimum absolute atomic E-state index is 0.112. The summed E-state index contributed by atoms with van der Waals surface area (Å²) in [4.78, 5) is 0. The number of hydrogen-bond acceptors (Lipinski definition) is 3. The molecule has 0 aromatic carbocycles. The molecular weight excluding hydrogens is 184 g/mol. The zero-order chi connectivity index (χ0) is 9.10. The van der Waals surface area contributed by atoms with E-state index in [0.29, 0.717) is 5.92 Å². The molecule has 0 spiro atoms. The molecule has 0 aromatic rings. The van der Waals surface area contributed by atoms with Crippen LogP contribution in [0.3, 0.4) is 0 Å². The van der Waals surface area contributed by atoms with Crippen molar-refractivity contribution in [3.63, 3.8) is 0 Å².